The minimum Gasteiger partial charge on any atom is -0.494 e. The van der Waals surface area contributed by atoms with E-state index < -0.39 is 0 Å². The third kappa shape index (κ3) is 9.33. The van der Waals surface area contributed by atoms with E-state index in [0.29, 0.717) is 0 Å². The molecule has 0 aliphatic heterocycles. The lowest BCUT2D eigenvalue weighted by Crippen LogP contribution is -2.03. The molecule has 0 amide bonds. The number of hydrogen-bond donors (Lipinski definition) is 0. The SMILES string of the molecule is C/C=C/c1cc(-n2c3ccc4ccccc4c3c3c4ccccc4ccc32)c(/C=C/c2ccc(-c3c4ccc(OCCCCCCCC)cc4c(-c4ccc(C)cc4)c4ccc(C)cc34)cc2)cc1-n1c2ccc3ccccc3c2c2c3ccccc3ccc21. The third-order valence-electron chi connectivity index (χ3n) is 19.1. The van der Waals surface area contributed by atoms with Crippen LogP contribution in [0, 0.1) is 13.8 Å². The van der Waals surface area contributed by atoms with Gasteiger partial charge in [-0.25, -0.2) is 0 Å². The maximum atomic E-state index is 6.60. The molecule has 3 nitrogen and oxygen atoms in total. The molecule has 434 valence electrons. The van der Waals surface area contributed by atoms with Crippen LogP contribution in [0.2, 0.25) is 0 Å². The highest BCUT2D eigenvalue weighted by molar-refractivity contribution is 6.30. The summed E-state index contributed by atoms with van der Waals surface area (Å²) in [5.41, 5.74) is 17.6. The summed E-state index contributed by atoms with van der Waals surface area (Å²) in [6.07, 6.45) is 16.6. The smallest absolute Gasteiger partial charge is 0.119 e. The fraction of sp³-hybridized carbons (Fsp3) is 0.126. The minimum absolute atomic E-state index is 0.719. The average Bonchev–Trinajstić information content (AvgIpc) is 1.51. The number of hydrogen-bond acceptors (Lipinski definition) is 1. The fourth-order valence-electron chi connectivity index (χ4n) is 14.8. The Morgan fingerprint density at radius 1 is 0.344 bits per heavy atom. The zero-order valence-electron chi connectivity index (χ0n) is 51.7. The molecule has 14 aromatic carbocycles. The Balaban J connectivity index is 0.902. The highest BCUT2D eigenvalue weighted by atomic mass is 16.5. The van der Waals surface area contributed by atoms with Crippen LogP contribution in [0.3, 0.4) is 0 Å². The molecular weight excluding hydrogens is 1090 g/mol. The van der Waals surface area contributed by atoms with E-state index in [9.17, 15) is 0 Å². The van der Waals surface area contributed by atoms with Gasteiger partial charge in [0.15, 0.2) is 0 Å². The van der Waals surface area contributed by atoms with Gasteiger partial charge in [-0.1, -0.05) is 269 Å². The van der Waals surface area contributed by atoms with Crippen molar-refractivity contribution < 1.29 is 4.74 Å². The van der Waals surface area contributed by atoms with Crippen molar-refractivity contribution in [2.45, 2.75) is 66.2 Å². The van der Waals surface area contributed by atoms with Crippen LogP contribution in [-0.2, 0) is 0 Å². The molecule has 0 N–H and O–H groups in total. The van der Waals surface area contributed by atoms with Crippen molar-refractivity contribution in [2.24, 2.45) is 0 Å². The summed E-state index contributed by atoms with van der Waals surface area (Å²) in [5, 5.41) is 19.9. The number of benzene rings is 14. The van der Waals surface area contributed by atoms with E-state index in [1.54, 1.807) is 0 Å². The summed E-state index contributed by atoms with van der Waals surface area (Å²) in [6, 6.07) is 91.1. The molecule has 0 bridgehead atoms. The molecule has 0 saturated heterocycles. The van der Waals surface area contributed by atoms with Crippen molar-refractivity contribution in [3.05, 3.63) is 277 Å². The molecule has 0 spiro atoms. The number of ether oxygens (including phenoxy) is 1. The molecule has 0 atom stereocenters. The second kappa shape index (κ2) is 22.9. The predicted octanol–water partition coefficient (Wildman–Crippen LogP) is 24.7. The highest BCUT2D eigenvalue weighted by Crippen LogP contribution is 2.48. The van der Waals surface area contributed by atoms with Gasteiger partial charge in [-0.3, -0.25) is 0 Å². The fourth-order valence-corrected chi connectivity index (χ4v) is 14.8. The normalized spacial score (nSPS) is 12.2. The van der Waals surface area contributed by atoms with Gasteiger partial charge < -0.3 is 13.9 Å². The van der Waals surface area contributed by atoms with Crippen LogP contribution < -0.4 is 4.74 Å². The molecule has 0 saturated carbocycles. The first-order chi connectivity index (χ1) is 44.4. The van der Waals surface area contributed by atoms with Crippen molar-refractivity contribution in [3.8, 4) is 39.4 Å². The lowest BCUT2D eigenvalue weighted by atomic mass is 9.85. The molecule has 16 aromatic rings. The van der Waals surface area contributed by atoms with Crippen LogP contribution in [0.25, 0.3) is 160 Å². The van der Waals surface area contributed by atoms with Gasteiger partial charge in [0.05, 0.1) is 40.0 Å². The lowest BCUT2D eigenvalue weighted by Gasteiger charge is -2.19. The Hall–Kier alpha value is -10.5. The van der Waals surface area contributed by atoms with E-state index in [-0.39, 0.29) is 0 Å². The minimum atomic E-state index is 0.719. The number of nitrogens with zero attached hydrogens (tertiary/aromatic N) is 2. The molecule has 0 aliphatic rings. The van der Waals surface area contributed by atoms with Crippen LogP contribution in [0.5, 0.6) is 5.75 Å². The van der Waals surface area contributed by atoms with Gasteiger partial charge in [0, 0.05) is 32.7 Å². The Morgan fingerprint density at radius 3 is 1.26 bits per heavy atom. The summed E-state index contributed by atoms with van der Waals surface area (Å²) in [4.78, 5) is 0. The molecule has 3 heteroatoms. The molecule has 2 heterocycles. The first-order valence-electron chi connectivity index (χ1n) is 32.4. The van der Waals surface area contributed by atoms with Crippen LogP contribution in [-0.4, -0.2) is 15.7 Å². The van der Waals surface area contributed by atoms with E-state index in [1.165, 1.54) is 174 Å². The number of allylic oxidation sites excluding steroid dienone is 1. The van der Waals surface area contributed by atoms with E-state index >= 15 is 0 Å². The highest BCUT2D eigenvalue weighted by Gasteiger charge is 2.24. The average molecular weight is 1160 g/mol. The zero-order chi connectivity index (χ0) is 60.4. The molecular formula is C87H70N2O. The van der Waals surface area contributed by atoms with Gasteiger partial charge >= 0.3 is 0 Å². The molecule has 16 rings (SSSR count). The maximum Gasteiger partial charge on any atom is 0.119 e. The number of aromatic nitrogens is 2. The van der Waals surface area contributed by atoms with Crippen LogP contribution in [0.1, 0.15) is 80.2 Å². The first kappa shape index (κ1) is 54.9. The number of unbranched alkanes of at least 4 members (excludes halogenated alkanes) is 5. The summed E-state index contributed by atoms with van der Waals surface area (Å²) >= 11 is 0. The second-order valence-corrected chi connectivity index (χ2v) is 24.8. The van der Waals surface area contributed by atoms with Crippen molar-refractivity contribution in [2.75, 3.05) is 6.61 Å². The van der Waals surface area contributed by atoms with Gasteiger partial charge in [0.1, 0.15) is 5.75 Å². The lowest BCUT2D eigenvalue weighted by molar-refractivity contribution is 0.305. The molecule has 2 aromatic heterocycles. The van der Waals surface area contributed by atoms with Crippen molar-refractivity contribution >= 4 is 126 Å². The molecule has 90 heavy (non-hydrogen) atoms. The van der Waals surface area contributed by atoms with Crippen molar-refractivity contribution in [1.29, 1.82) is 0 Å². The standard InChI is InChI=1S/C87H70N2O/c1-5-7-8-9-10-19-51-90-67-44-46-73-75(55-67)83(63-35-29-56(3)30-36-63)72-45-31-57(4)52-74(72)82(73)64-37-32-58(33-38-64)34-39-66-54-80(88-76-47-40-59-21-11-15-25-68(59)84(76)85-69-26-16-12-22-60(69)41-48-77(85)88)65(20-6-2)53-81(66)89-78-49-42-61-23-13-17-27-70(61)86(78)87-71-28-18-14-24-62(71)43-50-79(87)89/h6,11-18,20-50,52-55H,5,7-10,19,51H2,1-4H3/b20-6+,39-34+. The second-order valence-electron chi connectivity index (χ2n) is 24.8. The summed E-state index contributed by atoms with van der Waals surface area (Å²) in [5.74, 6) is 0.923. The van der Waals surface area contributed by atoms with Gasteiger partial charge in [-0.15, -0.1) is 0 Å². The number of aryl methyl sites for hydroxylation is 2. The Labute approximate surface area is 526 Å². The monoisotopic (exact) mass is 1160 g/mol. The maximum absolute atomic E-state index is 6.60. The van der Waals surface area contributed by atoms with Gasteiger partial charge in [0.2, 0.25) is 0 Å². The molecule has 0 unspecified atom stereocenters. The van der Waals surface area contributed by atoms with Crippen LogP contribution in [0.15, 0.2) is 249 Å². The molecule has 0 radical (unpaired) electrons. The quantitative estimate of drug-likeness (QED) is 0.0569. The zero-order valence-corrected chi connectivity index (χ0v) is 51.7. The van der Waals surface area contributed by atoms with E-state index in [1.807, 2.05) is 0 Å². The summed E-state index contributed by atoms with van der Waals surface area (Å²) in [7, 11) is 0. The first-order valence-corrected chi connectivity index (χ1v) is 32.4. The largest absolute Gasteiger partial charge is 0.494 e. The van der Waals surface area contributed by atoms with E-state index in [2.05, 4.69) is 304 Å². The molecule has 0 fully saturated rings. The Bertz CT molecular complexity index is 5390. The number of fused-ring (bicyclic) bond motifs is 16. The number of rotatable bonds is 15. The topological polar surface area (TPSA) is 19.1 Å². The van der Waals surface area contributed by atoms with E-state index in [4.69, 9.17) is 4.74 Å². The van der Waals surface area contributed by atoms with Gasteiger partial charge in [-0.05, 0) is 168 Å². The molecule has 0 aliphatic carbocycles. The van der Waals surface area contributed by atoms with E-state index in [0.717, 1.165) is 46.8 Å². The summed E-state index contributed by atoms with van der Waals surface area (Å²) < 4.78 is 11.7. The third-order valence-corrected chi connectivity index (χ3v) is 19.1. The Morgan fingerprint density at radius 2 is 0.767 bits per heavy atom. The summed E-state index contributed by atoms with van der Waals surface area (Å²) in [6.45, 7) is 9.52. The van der Waals surface area contributed by atoms with Gasteiger partial charge in [0.25, 0.3) is 0 Å². The van der Waals surface area contributed by atoms with Crippen molar-refractivity contribution in [3.63, 3.8) is 0 Å². The van der Waals surface area contributed by atoms with Crippen molar-refractivity contribution in [1.82, 2.24) is 9.13 Å². The van der Waals surface area contributed by atoms with Crippen LogP contribution >= 0.6 is 0 Å². The van der Waals surface area contributed by atoms with Gasteiger partial charge in [-0.2, -0.15) is 0 Å². The predicted molar refractivity (Wildman–Crippen MR) is 389 cm³/mol. The van der Waals surface area contributed by atoms with Crippen LogP contribution in [0.4, 0.5) is 0 Å². The Kier molecular flexibility index (Phi) is 14.0.